The molecule has 25 heavy (non-hydrogen) atoms. The van der Waals surface area contributed by atoms with Gasteiger partial charge in [0.15, 0.2) is 0 Å². The molecule has 2 N–H and O–H groups in total. The van der Waals surface area contributed by atoms with Crippen molar-refractivity contribution in [2.75, 3.05) is 6.54 Å². The van der Waals surface area contributed by atoms with E-state index in [1.165, 1.54) is 12.1 Å². The highest BCUT2D eigenvalue weighted by atomic mass is 19.1. The van der Waals surface area contributed by atoms with Gasteiger partial charge in [-0.3, -0.25) is 0 Å². The van der Waals surface area contributed by atoms with Crippen LogP contribution in [0.3, 0.4) is 0 Å². The molecule has 0 radical (unpaired) electrons. The van der Waals surface area contributed by atoms with Crippen molar-refractivity contribution >= 4 is 0 Å². The van der Waals surface area contributed by atoms with Crippen molar-refractivity contribution in [2.45, 2.75) is 38.0 Å². The van der Waals surface area contributed by atoms with Crippen LogP contribution in [0.4, 0.5) is 4.39 Å². The van der Waals surface area contributed by atoms with Crippen molar-refractivity contribution in [1.29, 1.82) is 5.26 Å². The summed E-state index contributed by atoms with van der Waals surface area (Å²) in [6.07, 6.45) is -0.0555. The van der Waals surface area contributed by atoms with E-state index in [0.29, 0.717) is 24.3 Å². The summed E-state index contributed by atoms with van der Waals surface area (Å²) < 4.78 is 18.9. The maximum Gasteiger partial charge on any atom is 0.131 e. The lowest BCUT2D eigenvalue weighted by molar-refractivity contribution is -0.0644. The maximum absolute atomic E-state index is 13.0. The van der Waals surface area contributed by atoms with Crippen molar-refractivity contribution in [2.24, 2.45) is 0 Å². The van der Waals surface area contributed by atoms with Gasteiger partial charge in [0, 0.05) is 5.56 Å². The van der Waals surface area contributed by atoms with Gasteiger partial charge >= 0.3 is 0 Å². The van der Waals surface area contributed by atoms with Crippen LogP contribution in [0.15, 0.2) is 42.5 Å². The minimum absolute atomic E-state index is 0.253. The van der Waals surface area contributed by atoms with E-state index in [2.05, 4.69) is 11.4 Å². The van der Waals surface area contributed by atoms with Crippen LogP contribution in [0.1, 0.15) is 36.6 Å². The quantitative estimate of drug-likeness (QED) is 0.898. The van der Waals surface area contributed by atoms with Crippen LogP contribution in [0.2, 0.25) is 0 Å². The maximum atomic E-state index is 13.0. The van der Waals surface area contributed by atoms with E-state index >= 15 is 0 Å². The monoisotopic (exact) mass is 340 g/mol. The second kappa shape index (κ2) is 6.83. The van der Waals surface area contributed by atoms with Crippen molar-refractivity contribution in [3.8, 4) is 11.8 Å². The second-order valence-corrected chi connectivity index (χ2v) is 6.82. The van der Waals surface area contributed by atoms with E-state index in [0.717, 1.165) is 11.1 Å². The first kappa shape index (κ1) is 17.4. The van der Waals surface area contributed by atoms with Gasteiger partial charge in [0.2, 0.25) is 0 Å². The summed E-state index contributed by atoms with van der Waals surface area (Å²) in [5.74, 6) is 0.421. The summed E-state index contributed by atoms with van der Waals surface area (Å²) >= 11 is 0. The molecule has 2 aromatic carbocycles. The summed E-state index contributed by atoms with van der Waals surface area (Å²) in [6.45, 7) is 4.29. The van der Waals surface area contributed by atoms with Gasteiger partial charge in [0.25, 0.3) is 0 Å². The average Bonchev–Trinajstić information content (AvgIpc) is 2.59. The van der Waals surface area contributed by atoms with Crippen molar-refractivity contribution < 1.29 is 14.2 Å². The Morgan fingerprint density at radius 3 is 2.64 bits per heavy atom. The number of aliphatic hydroxyl groups excluding tert-OH is 1. The van der Waals surface area contributed by atoms with Crippen LogP contribution in [0.25, 0.3) is 0 Å². The molecule has 1 aliphatic rings. The predicted octanol–water partition coefficient (Wildman–Crippen LogP) is 3.10. The summed E-state index contributed by atoms with van der Waals surface area (Å²) in [7, 11) is 0. The van der Waals surface area contributed by atoms with E-state index in [9.17, 15) is 9.50 Å². The Morgan fingerprint density at radius 1 is 1.24 bits per heavy atom. The fraction of sp³-hybridized carbons (Fsp3) is 0.350. The molecule has 130 valence electrons. The van der Waals surface area contributed by atoms with Crippen LogP contribution >= 0.6 is 0 Å². The van der Waals surface area contributed by atoms with Crippen molar-refractivity contribution in [3.05, 3.63) is 65.0 Å². The summed E-state index contributed by atoms with van der Waals surface area (Å²) in [5.41, 5.74) is 1.58. The largest absolute Gasteiger partial charge is 0.485 e. The van der Waals surface area contributed by atoms with Crippen LogP contribution in [-0.2, 0) is 6.42 Å². The molecule has 2 atom stereocenters. The number of nitrogens with zero attached hydrogens (tertiary/aromatic N) is 1. The van der Waals surface area contributed by atoms with Crippen molar-refractivity contribution in [1.82, 2.24) is 5.32 Å². The molecule has 0 saturated carbocycles. The third kappa shape index (κ3) is 3.65. The molecule has 0 aliphatic carbocycles. The van der Waals surface area contributed by atoms with Gasteiger partial charge in [-0.15, -0.1) is 0 Å². The Kier molecular flexibility index (Phi) is 4.76. The zero-order valence-electron chi connectivity index (χ0n) is 14.3. The number of ether oxygens (including phenoxy) is 1. The standard InChI is InChI=1S/C20H21FN2O2/c1-20(2)19(24)18(16-11-14(12-22)5-8-17(16)25-20)23-10-9-13-3-6-15(21)7-4-13/h3-8,11,18-19,23-24H,9-10H2,1-2H3/t18-,19?/m0/s1. The number of rotatable bonds is 4. The highest BCUT2D eigenvalue weighted by Gasteiger charge is 2.42. The first-order valence-electron chi connectivity index (χ1n) is 8.29. The van der Waals surface area contributed by atoms with Gasteiger partial charge in [-0.1, -0.05) is 12.1 Å². The molecular formula is C20H21FN2O2. The number of halogens is 1. The molecule has 1 aliphatic heterocycles. The smallest absolute Gasteiger partial charge is 0.131 e. The van der Waals surface area contributed by atoms with Gasteiger partial charge < -0.3 is 15.2 Å². The van der Waals surface area contributed by atoms with Gasteiger partial charge in [-0.05, 0) is 62.7 Å². The molecule has 1 heterocycles. The number of nitriles is 1. The van der Waals surface area contributed by atoms with E-state index in [-0.39, 0.29) is 11.9 Å². The first-order valence-corrected chi connectivity index (χ1v) is 8.29. The Morgan fingerprint density at radius 2 is 1.96 bits per heavy atom. The molecule has 0 amide bonds. The number of aliphatic hydroxyl groups is 1. The third-order valence-electron chi connectivity index (χ3n) is 4.57. The fourth-order valence-corrected chi connectivity index (χ4v) is 3.11. The van der Waals surface area contributed by atoms with Gasteiger partial charge in [0.1, 0.15) is 23.3 Å². The van der Waals surface area contributed by atoms with E-state index in [1.807, 2.05) is 13.8 Å². The number of nitrogens with one attached hydrogen (secondary N) is 1. The molecule has 0 fully saturated rings. The van der Waals surface area contributed by atoms with Crippen molar-refractivity contribution in [3.63, 3.8) is 0 Å². The van der Waals surface area contributed by atoms with Crippen LogP contribution in [0, 0.1) is 17.1 Å². The predicted molar refractivity (Wildman–Crippen MR) is 92.7 cm³/mol. The minimum atomic E-state index is -0.762. The zero-order chi connectivity index (χ0) is 18.0. The van der Waals surface area contributed by atoms with Gasteiger partial charge in [-0.2, -0.15) is 5.26 Å². The molecule has 0 spiro atoms. The Bertz CT molecular complexity index is 796. The molecule has 5 heteroatoms. The SMILES string of the molecule is CC1(C)Oc2ccc(C#N)cc2[C@H](NCCc2ccc(F)cc2)C1O. The highest BCUT2D eigenvalue weighted by molar-refractivity contribution is 5.46. The fourth-order valence-electron chi connectivity index (χ4n) is 3.11. The van der Waals surface area contributed by atoms with Crippen LogP contribution in [0.5, 0.6) is 5.75 Å². The molecular weight excluding hydrogens is 319 g/mol. The molecule has 2 aromatic rings. The first-order chi connectivity index (χ1) is 11.9. The van der Waals surface area contributed by atoms with Gasteiger partial charge in [-0.25, -0.2) is 4.39 Å². The summed E-state index contributed by atoms with van der Waals surface area (Å²) in [4.78, 5) is 0. The van der Waals surface area contributed by atoms with Gasteiger partial charge in [0.05, 0.1) is 17.7 Å². The molecule has 0 aromatic heterocycles. The summed E-state index contributed by atoms with van der Waals surface area (Å²) in [5, 5.41) is 23.2. The Labute approximate surface area is 146 Å². The molecule has 0 saturated heterocycles. The van der Waals surface area contributed by atoms with E-state index in [4.69, 9.17) is 10.00 Å². The topological polar surface area (TPSA) is 65.3 Å². The van der Waals surface area contributed by atoms with E-state index < -0.39 is 11.7 Å². The molecule has 0 bridgehead atoms. The highest BCUT2D eigenvalue weighted by Crippen LogP contribution is 2.40. The number of hydrogen-bond donors (Lipinski definition) is 2. The number of benzene rings is 2. The lowest BCUT2D eigenvalue weighted by atomic mass is 9.86. The van der Waals surface area contributed by atoms with Crippen LogP contribution in [-0.4, -0.2) is 23.4 Å². The van der Waals surface area contributed by atoms with E-state index in [1.54, 1.807) is 30.3 Å². The third-order valence-corrected chi connectivity index (χ3v) is 4.57. The molecule has 3 rings (SSSR count). The second-order valence-electron chi connectivity index (χ2n) is 6.82. The molecule has 1 unspecified atom stereocenters. The minimum Gasteiger partial charge on any atom is -0.485 e. The van der Waals surface area contributed by atoms with Crippen LogP contribution < -0.4 is 10.1 Å². The Hall–Kier alpha value is -2.42. The molecule has 4 nitrogen and oxygen atoms in total. The Balaban J connectivity index is 1.79. The normalized spacial score (nSPS) is 21.1. The number of hydrogen-bond acceptors (Lipinski definition) is 4. The average molecular weight is 340 g/mol. The lowest BCUT2D eigenvalue weighted by Gasteiger charge is -2.42. The lowest BCUT2D eigenvalue weighted by Crippen LogP contribution is -2.52. The number of fused-ring (bicyclic) bond motifs is 1. The summed E-state index contributed by atoms with van der Waals surface area (Å²) in [6, 6.07) is 13.4. The zero-order valence-corrected chi connectivity index (χ0v) is 14.3.